The lowest BCUT2D eigenvalue weighted by Gasteiger charge is -2.51. The Kier molecular flexibility index (Phi) is 6.36. The molecule has 2 heterocycles. The van der Waals surface area contributed by atoms with E-state index in [1.165, 1.54) is 19.2 Å². The summed E-state index contributed by atoms with van der Waals surface area (Å²) in [5.41, 5.74) is 3.37. The van der Waals surface area contributed by atoms with Crippen molar-refractivity contribution in [1.29, 1.82) is 0 Å². The van der Waals surface area contributed by atoms with Crippen LogP contribution in [0.15, 0.2) is 10.5 Å². The fourth-order valence-corrected chi connectivity index (χ4v) is 3.10. The number of aliphatic carboxylic acids is 2. The number of hydrogen-bond donors (Lipinski definition) is 3. The molecule has 1 aliphatic rings. The summed E-state index contributed by atoms with van der Waals surface area (Å²) in [5, 5.41) is 22.0. The maximum absolute atomic E-state index is 13.2. The van der Waals surface area contributed by atoms with Gasteiger partial charge in [-0.25, -0.2) is 19.6 Å². The molecule has 1 saturated heterocycles. The molecule has 0 unspecified atom stereocenters. The molecule has 0 saturated carbocycles. The number of carboxylic acids is 2. The minimum atomic E-state index is -4.71. The molecule has 1 aromatic rings. The topological polar surface area (TPSA) is 182 Å². The highest BCUT2D eigenvalue weighted by Gasteiger charge is 2.56. The second-order valence-electron chi connectivity index (χ2n) is 6.56. The van der Waals surface area contributed by atoms with Crippen LogP contribution in [0.4, 0.5) is 13.9 Å². The van der Waals surface area contributed by atoms with E-state index < -0.39 is 59.9 Å². The molecule has 1 aromatic heterocycles. The number of β-lactam (4-membered cyclic amide) rings is 1. The van der Waals surface area contributed by atoms with Crippen molar-refractivity contribution < 1.29 is 47.8 Å². The van der Waals surface area contributed by atoms with Crippen molar-refractivity contribution in [3.8, 4) is 0 Å². The van der Waals surface area contributed by atoms with Crippen LogP contribution in [0.2, 0.25) is 0 Å². The second kappa shape index (κ2) is 8.27. The van der Waals surface area contributed by atoms with Crippen molar-refractivity contribution >= 4 is 45.8 Å². The van der Waals surface area contributed by atoms with Crippen molar-refractivity contribution in [3.63, 3.8) is 0 Å². The lowest BCUT2D eigenvalue weighted by Crippen LogP contribution is -2.68. The predicted molar refractivity (Wildman–Crippen MR) is 94.4 cm³/mol. The number of ketones is 1. The Labute approximate surface area is 170 Å². The number of amides is 1. The van der Waals surface area contributed by atoms with Crippen LogP contribution in [-0.2, 0) is 28.9 Å². The summed E-state index contributed by atoms with van der Waals surface area (Å²) in [4.78, 5) is 58.3. The van der Waals surface area contributed by atoms with Gasteiger partial charge in [0.25, 0.3) is 5.91 Å². The number of aromatic nitrogens is 1. The summed E-state index contributed by atoms with van der Waals surface area (Å²) in [6.45, 7) is 2.22. The lowest BCUT2D eigenvalue weighted by molar-refractivity contribution is -0.267. The molecule has 0 spiro atoms. The van der Waals surface area contributed by atoms with Crippen LogP contribution in [0.1, 0.15) is 26.0 Å². The van der Waals surface area contributed by atoms with Gasteiger partial charge in [-0.1, -0.05) is 5.16 Å². The van der Waals surface area contributed by atoms with Gasteiger partial charge in [-0.3, -0.25) is 14.4 Å². The molecule has 2 rings (SSSR count). The Hall–Kier alpha value is -3.20. The molecule has 0 bridgehead atoms. The van der Waals surface area contributed by atoms with Gasteiger partial charge in [0.15, 0.2) is 23.2 Å². The maximum atomic E-state index is 13.2. The standard InChI is InChI=1S/C15H16F2N4O8S/c1-14(2)6(11(25)21(14)28-4-9(23)24)3-8(22)10(7-5-30-13(18)19-7)20-29-15(16,17)12(26)27/h5-6H,3-4H2,1-2H3,(H2,18,19)(H,23,24)(H,26,27)/b20-10-/t6-/m1/s1. The number of carbonyl (C=O) groups is 4. The van der Waals surface area contributed by atoms with E-state index in [9.17, 15) is 28.0 Å². The molecule has 1 atom stereocenters. The zero-order chi connectivity index (χ0) is 22.9. The van der Waals surface area contributed by atoms with E-state index in [-0.39, 0.29) is 10.8 Å². The molecule has 30 heavy (non-hydrogen) atoms. The molecule has 4 N–H and O–H groups in total. The van der Waals surface area contributed by atoms with Gasteiger partial charge in [0.1, 0.15) is 5.69 Å². The summed E-state index contributed by atoms with van der Waals surface area (Å²) >= 11 is 0.862. The number of nitrogen functional groups attached to an aromatic ring is 1. The largest absolute Gasteiger partial charge is 0.521 e. The van der Waals surface area contributed by atoms with E-state index in [1.807, 2.05) is 0 Å². The number of rotatable bonds is 10. The van der Waals surface area contributed by atoms with Gasteiger partial charge < -0.3 is 20.8 Å². The van der Waals surface area contributed by atoms with Crippen molar-refractivity contribution in [3.05, 3.63) is 11.1 Å². The van der Waals surface area contributed by atoms with Crippen molar-refractivity contribution in [2.45, 2.75) is 31.9 Å². The molecule has 15 heteroatoms. The van der Waals surface area contributed by atoms with Crippen LogP contribution in [0.5, 0.6) is 0 Å². The molecule has 1 aliphatic heterocycles. The number of hydrogen-bond acceptors (Lipinski definition) is 10. The summed E-state index contributed by atoms with van der Waals surface area (Å²) in [6, 6.07) is 0. The van der Waals surface area contributed by atoms with Crippen LogP contribution >= 0.6 is 11.3 Å². The first-order chi connectivity index (χ1) is 13.8. The highest BCUT2D eigenvalue weighted by molar-refractivity contribution is 7.13. The highest BCUT2D eigenvalue weighted by Crippen LogP contribution is 2.40. The van der Waals surface area contributed by atoms with Crippen LogP contribution in [0.3, 0.4) is 0 Å². The Bertz CT molecular complexity index is 916. The third-order valence-electron chi connectivity index (χ3n) is 4.11. The van der Waals surface area contributed by atoms with Crippen molar-refractivity contribution in [2.24, 2.45) is 11.1 Å². The summed E-state index contributed by atoms with van der Waals surface area (Å²) in [7, 11) is 0. The van der Waals surface area contributed by atoms with E-state index in [4.69, 9.17) is 20.8 Å². The number of halogens is 2. The highest BCUT2D eigenvalue weighted by atomic mass is 32.1. The first-order valence-electron chi connectivity index (χ1n) is 8.08. The summed E-state index contributed by atoms with van der Waals surface area (Å²) < 4.78 is 26.4. The molecular weight excluding hydrogens is 434 g/mol. The van der Waals surface area contributed by atoms with Gasteiger partial charge in [-0.2, -0.15) is 8.78 Å². The van der Waals surface area contributed by atoms with E-state index in [2.05, 4.69) is 15.0 Å². The van der Waals surface area contributed by atoms with E-state index >= 15 is 0 Å². The molecule has 1 fully saturated rings. The Morgan fingerprint density at radius 2 is 2.03 bits per heavy atom. The number of anilines is 1. The lowest BCUT2D eigenvalue weighted by atomic mass is 9.74. The smallest absolute Gasteiger partial charge is 0.479 e. The monoisotopic (exact) mass is 450 g/mol. The Morgan fingerprint density at radius 3 is 2.50 bits per heavy atom. The SMILES string of the molecule is CC1(C)[C@H](CC(=O)/C(=N\OC(F)(F)C(=O)O)c2csc(N)n2)C(=O)N1OCC(=O)O. The van der Waals surface area contributed by atoms with Crippen molar-refractivity contribution in [2.75, 3.05) is 12.3 Å². The Morgan fingerprint density at radius 1 is 1.40 bits per heavy atom. The number of carboxylic acid groups (broad SMARTS) is 2. The molecule has 0 aliphatic carbocycles. The number of hydroxylamine groups is 2. The predicted octanol–water partition coefficient (Wildman–Crippen LogP) is 0.336. The molecule has 0 radical (unpaired) electrons. The van der Waals surface area contributed by atoms with Gasteiger partial charge in [0, 0.05) is 11.8 Å². The third-order valence-corrected chi connectivity index (χ3v) is 4.78. The van der Waals surface area contributed by atoms with E-state index in [0.717, 1.165) is 16.4 Å². The fraction of sp³-hybridized carbons (Fsp3) is 0.467. The van der Waals surface area contributed by atoms with Gasteiger partial charge >= 0.3 is 18.0 Å². The number of Topliss-reactive ketones (excluding diaryl/α,β-unsaturated/α-hetero) is 1. The number of nitrogens with two attached hydrogens (primary N) is 1. The normalized spacial score (nSPS) is 18.7. The second-order valence-corrected chi connectivity index (χ2v) is 7.45. The zero-order valence-electron chi connectivity index (χ0n) is 15.5. The van der Waals surface area contributed by atoms with Gasteiger partial charge in [0.05, 0.1) is 11.5 Å². The van der Waals surface area contributed by atoms with Gasteiger partial charge in [0.2, 0.25) is 0 Å². The first-order valence-corrected chi connectivity index (χ1v) is 8.96. The number of thiazole rings is 1. The average molecular weight is 450 g/mol. The fourth-order valence-electron chi connectivity index (χ4n) is 2.55. The average Bonchev–Trinajstić information content (AvgIpc) is 3.05. The molecular formula is C15H16F2N4O8S. The Balaban J connectivity index is 2.22. The summed E-state index contributed by atoms with van der Waals surface area (Å²) in [6.07, 6.45) is -5.25. The first kappa shape index (κ1) is 23.1. The third kappa shape index (κ3) is 4.68. The maximum Gasteiger partial charge on any atom is 0.521 e. The van der Waals surface area contributed by atoms with E-state index in [0.29, 0.717) is 0 Å². The minimum absolute atomic E-state index is 0.0243. The zero-order valence-corrected chi connectivity index (χ0v) is 16.3. The van der Waals surface area contributed by atoms with Crippen LogP contribution in [0.25, 0.3) is 0 Å². The van der Waals surface area contributed by atoms with Crippen molar-refractivity contribution in [1.82, 2.24) is 10.0 Å². The molecule has 164 valence electrons. The van der Waals surface area contributed by atoms with Gasteiger partial charge in [-0.05, 0) is 13.8 Å². The van der Waals surface area contributed by atoms with Crippen LogP contribution in [-0.4, -0.2) is 67.9 Å². The van der Waals surface area contributed by atoms with E-state index in [1.54, 1.807) is 0 Å². The molecule has 0 aromatic carbocycles. The molecule has 12 nitrogen and oxygen atoms in total. The summed E-state index contributed by atoms with van der Waals surface area (Å²) in [5.74, 6) is -6.60. The number of oxime groups is 1. The quantitative estimate of drug-likeness (QED) is 0.255. The van der Waals surface area contributed by atoms with Crippen LogP contribution in [0, 0.1) is 5.92 Å². The van der Waals surface area contributed by atoms with Crippen LogP contribution < -0.4 is 5.73 Å². The number of nitrogens with zero attached hydrogens (tertiary/aromatic N) is 3. The number of alkyl halides is 2. The minimum Gasteiger partial charge on any atom is -0.479 e. The molecule has 1 amide bonds. The van der Waals surface area contributed by atoms with Gasteiger partial charge in [-0.15, -0.1) is 11.3 Å². The number of carbonyl (C=O) groups excluding carboxylic acids is 2.